The molecule has 1 atom stereocenters. The van der Waals surface area contributed by atoms with Crippen LogP contribution in [0, 0.1) is 0 Å². The maximum absolute atomic E-state index is 6.30. The zero-order valence-corrected chi connectivity index (χ0v) is 11.8. The van der Waals surface area contributed by atoms with Crippen molar-refractivity contribution in [1.82, 2.24) is 9.78 Å². The van der Waals surface area contributed by atoms with Crippen LogP contribution < -0.4 is 15.2 Å². The van der Waals surface area contributed by atoms with E-state index in [4.69, 9.17) is 26.8 Å². The summed E-state index contributed by atoms with van der Waals surface area (Å²) in [5.74, 6) is 1.29. The summed E-state index contributed by atoms with van der Waals surface area (Å²) in [5.41, 5.74) is 7.91. The minimum absolute atomic E-state index is 0.408. The molecule has 0 spiro atoms. The van der Waals surface area contributed by atoms with Gasteiger partial charge >= 0.3 is 0 Å². The third-order valence-electron chi connectivity index (χ3n) is 2.99. The van der Waals surface area contributed by atoms with Crippen molar-refractivity contribution in [2.45, 2.75) is 6.04 Å². The van der Waals surface area contributed by atoms with E-state index in [0.29, 0.717) is 16.5 Å². The van der Waals surface area contributed by atoms with Gasteiger partial charge in [0.2, 0.25) is 0 Å². The smallest absolute Gasteiger partial charge is 0.161 e. The van der Waals surface area contributed by atoms with Crippen molar-refractivity contribution in [2.75, 3.05) is 14.2 Å². The lowest BCUT2D eigenvalue weighted by atomic mass is 10.0. The molecule has 0 aliphatic heterocycles. The van der Waals surface area contributed by atoms with Crippen LogP contribution in [-0.4, -0.2) is 24.0 Å². The molecule has 0 fully saturated rings. The summed E-state index contributed by atoms with van der Waals surface area (Å²) in [4.78, 5) is 0. The van der Waals surface area contributed by atoms with Gasteiger partial charge in [-0.2, -0.15) is 5.10 Å². The molecule has 102 valence electrons. The minimum atomic E-state index is -0.408. The fourth-order valence-electron chi connectivity index (χ4n) is 2.03. The van der Waals surface area contributed by atoms with E-state index in [1.165, 1.54) is 0 Å². The van der Waals surface area contributed by atoms with Crippen LogP contribution in [-0.2, 0) is 7.05 Å². The molecule has 5 nitrogen and oxygen atoms in total. The van der Waals surface area contributed by atoms with Crippen molar-refractivity contribution in [1.29, 1.82) is 0 Å². The molecule has 1 heterocycles. The highest BCUT2D eigenvalue weighted by atomic mass is 35.5. The maximum Gasteiger partial charge on any atom is 0.161 e. The molecule has 1 unspecified atom stereocenters. The molecule has 1 aromatic carbocycles. The van der Waals surface area contributed by atoms with Gasteiger partial charge in [0.05, 0.1) is 26.5 Å². The van der Waals surface area contributed by atoms with Crippen LogP contribution in [0.5, 0.6) is 11.5 Å². The molecule has 1 aromatic heterocycles. The van der Waals surface area contributed by atoms with Gasteiger partial charge in [-0.1, -0.05) is 17.7 Å². The van der Waals surface area contributed by atoms with Crippen LogP contribution in [0.1, 0.15) is 17.3 Å². The Hall–Kier alpha value is -1.72. The number of aromatic nitrogens is 2. The molecule has 2 N–H and O–H groups in total. The van der Waals surface area contributed by atoms with Gasteiger partial charge in [-0.3, -0.25) is 4.68 Å². The highest BCUT2D eigenvalue weighted by Crippen LogP contribution is 2.34. The van der Waals surface area contributed by atoms with E-state index in [9.17, 15) is 0 Å². The van der Waals surface area contributed by atoms with Crippen molar-refractivity contribution in [2.24, 2.45) is 12.8 Å². The second-order valence-electron chi connectivity index (χ2n) is 4.09. The molecule has 0 aliphatic rings. The van der Waals surface area contributed by atoms with E-state index in [0.717, 1.165) is 11.3 Å². The maximum atomic E-state index is 6.30. The van der Waals surface area contributed by atoms with E-state index >= 15 is 0 Å². The first-order chi connectivity index (χ1) is 9.08. The van der Waals surface area contributed by atoms with Crippen LogP contribution >= 0.6 is 11.6 Å². The van der Waals surface area contributed by atoms with Crippen molar-refractivity contribution in [3.63, 3.8) is 0 Å². The van der Waals surface area contributed by atoms with Crippen LogP contribution in [0.4, 0.5) is 0 Å². The van der Waals surface area contributed by atoms with Crippen molar-refractivity contribution >= 4 is 11.6 Å². The number of aryl methyl sites for hydroxylation is 1. The Morgan fingerprint density at radius 3 is 2.58 bits per heavy atom. The quantitative estimate of drug-likeness (QED) is 0.933. The Bertz CT molecular complexity index is 583. The average Bonchev–Trinajstić information content (AvgIpc) is 2.78. The first kappa shape index (κ1) is 13.7. The molecule has 6 heteroatoms. The molecule has 0 saturated carbocycles. The summed E-state index contributed by atoms with van der Waals surface area (Å²) in [6.45, 7) is 0. The Labute approximate surface area is 116 Å². The van der Waals surface area contributed by atoms with E-state index in [2.05, 4.69) is 5.10 Å². The Morgan fingerprint density at radius 1 is 1.26 bits per heavy atom. The summed E-state index contributed by atoms with van der Waals surface area (Å²) in [6, 6.07) is 4.95. The zero-order valence-electron chi connectivity index (χ0n) is 11.1. The monoisotopic (exact) mass is 281 g/mol. The first-order valence-electron chi connectivity index (χ1n) is 5.73. The number of halogens is 1. The average molecular weight is 282 g/mol. The van der Waals surface area contributed by atoms with Gasteiger partial charge in [0, 0.05) is 17.6 Å². The molecule has 0 radical (unpaired) electrons. The Morgan fingerprint density at radius 2 is 1.95 bits per heavy atom. The van der Waals surface area contributed by atoms with Crippen molar-refractivity contribution in [3.05, 3.63) is 40.7 Å². The Balaban J connectivity index is 2.49. The summed E-state index contributed by atoms with van der Waals surface area (Å²) in [7, 11) is 4.99. The number of rotatable bonds is 4. The van der Waals surface area contributed by atoms with Gasteiger partial charge in [-0.05, 0) is 12.1 Å². The summed E-state index contributed by atoms with van der Waals surface area (Å²) in [6.07, 6.45) is 1.64. The van der Waals surface area contributed by atoms with Crippen molar-refractivity contribution in [3.8, 4) is 11.5 Å². The molecule has 0 amide bonds. The number of hydrogen-bond donors (Lipinski definition) is 1. The van der Waals surface area contributed by atoms with Gasteiger partial charge in [0.1, 0.15) is 11.4 Å². The molecule has 2 rings (SSSR count). The molecule has 0 bridgehead atoms. The van der Waals surface area contributed by atoms with E-state index in [1.807, 2.05) is 13.1 Å². The fourth-order valence-corrected chi connectivity index (χ4v) is 2.19. The number of benzene rings is 1. The van der Waals surface area contributed by atoms with E-state index < -0.39 is 6.04 Å². The third kappa shape index (κ3) is 2.52. The summed E-state index contributed by atoms with van der Waals surface area (Å²) >= 11 is 5.95. The topological polar surface area (TPSA) is 62.3 Å². The lowest BCUT2D eigenvalue weighted by Crippen LogP contribution is -2.17. The van der Waals surface area contributed by atoms with Crippen molar-refractivity contribution < 1.29 is 9.47 Å². The molecule has 0 aliphatic carbocycles. The summed E-state index contributed by atoms with van der Waals surface area (Å²) < 4.78 is 12.3. The third-order valence-corrected chi connectivity index (χ3v) is 3.23. The second kappa shape index (κ2) is 5.50. The number of ether oxygens (including phenoxy) is 2. The zero-order chi connectivity index (χ0) is 14.0. The normalized spacial score (nSPS) is 12.3. The van der Waals surface area contributed by atoms with Crippen LogP contribution in [0.15, 0.2) is 24.4 Å². The minimum Gasteiger partial charge on any atom is -0.496 e. The van der Waals surface area contributed by atoms with E-state index in [1.54, 1.807) is 37.2 Å². The van der Waals surface area contributed by atoms with Crippen LogP contribution in [0.25, 0.3) is 0 Å². The lowest BCUT2D eigenvalue weighted by molar-refractivity contribution is 0.398. The van der Waals surface area contributed by atoms with Crippen LogP contribution in [0.3, 0.4) is 0 Å². The van der Waals surface area contributed by atoms with Gasteiger partial charge in [0.25, 0.3) is 0 Å². The molecule has 2 aromatic rings. The van der Waals surface area contributed by atoms with E-state index in [-0.39, 0.29) is 0 Å². The first-order valence-corrected chi connectivity index (χ1v) is 6.11. The highest BCUT2D eigenvalue weighted by Gasteiger charge is 2.21. The number of nitrogens with zero attached hydrogens (tertiary/aromatic N) is 2. The SMILES string of the molecule is COc1cc(Cl)ccc1C(N)c1c(OC)cnn1C. The molecule has 0 saturated heterocycles. The van der Waals surface area contributed by atoms with Crippen LogP contribution in [0.2, 0.25) is 5.02 Å². The largest absolute Gasteiger partial charge is 0.496 e. The predicted octanol–water partition coefficient (Wildman–Crippen LogP) is 2.14. The van der Waals surface area contributed by atoms with Gasteiger partial charge in [-0.15, -0.1) is 0 Å². The second-order valence-corrected chi connectivity index (χ2v) is 4.52. The standard InChI is InChI=1S/C13H16ClN3O2/c1-17-13(11(19-3)7-16-17)12(15)9-5-4-8(14)6-10(9)18-2/h4-7,12H,15H2,1-3H3. The molecular weight excluding hydrogens is 266 g/mol. The lowest BCUT2D eigenvalue weighted by Gasteiger charge is -2.17. The van der Waals surface area contributed by atoms with Gasteiger partial charge < -0.3 is 15.2 Å². The fraction of sp³-hybridized carbons (Fsp3) is 0.308. The highest BCUT2D eigenvalue weighted by molar-refractivity contribution is 6.30. The number of methoxy groups -OCH3 is 2. The van der Waals surface area contributed by atoms with Gasteiger partial charge in [-0.25, -0.2) is 0 Å². The summed E-state index contributed by atoms with van der Waals surface area (Å²) in [5, 5.41) is 4.75. The van der Waals surface area contributed by atoms with Gasteiger partial charge in [0.15, 0.2) is 5.75 Å². The molecule has 19 heavy (non-hydrogen) atoms. The Kier molecular flexibility index (Phi) is 3.97. The number of nitrogens with two attached hydrogens (primary N) is 1. The predicted molar refractivity (Wildman–Crippen MR) is 73.8 cm³/mol. The molecular formula is C13H16ClN3O2. The number of hydrogen-bond acceptors (Lipinski definition) is 4.